The number of ether oxygens (including phenoxy) is 2. The van der Waals surface area contributed by atoms with Crippen molar-refractivity contribution in [2.24, 2.45) is 0 Å². The van der Waals surface area contributed by atoms with Crippen molar-refractivity contribution >= 4 is 28.8 Å². The Morgan fingerprint density at radius 3 is 2.97 bits per heavy atom. The van der Waals surface area contributed by atoms with Crippen molar-refractivity contribution in [3.63, 3.8) is 0 Å². The highest BCUT2D eigenvalue weighted by molar-refractivity contribution is 6.04. The number of nitrogens with zero attached hydrogens (tertiary/aromatic N) is 3. The summed E-state index contributed by atoms with van der Waals surface area (Å²) in [6.45, 7) is 5.36. The van der Waals surface area contributed by atoms with E-state index in [2.05, 4.69) is 32.2 Å². The van der Waals surface area contributed by atoms with Gasteiger partial charge in [-0.25, -0.2) is 9.97 Å². The van der Waals surface area contributed by atoms with Crippen molar-refractivity contribution in [3.8, 4) is 0 Å². The number of likely N-dealkylation sites (tertiary alicyclic amines) is 1. The third-order valence-corrected chi connectivity index (χ3v) is 4.80. The van der Waals surface area contributed by atoms with Gasteiger partial charge in [0.05, 0.1) is 31.0 Å². The Morgan fingerprint density at radius 2 is 2.24 bits per heavy atom. The van der Waals surface area contributed by atoms with Crippen LogP contribution in [0.25, 0.3) is 11.2 Å². The molecule has 0 bridgehead atoms. The Balaban J connectivity index is 1.73. The summed E-state index contributed by atoms with van der Waals surface area (Å²) in [5.41, 5.74) is 1.43. The Hall–Kier alpha value is -2.98. The molecule has 0 aromatic carbocycles. The number of aromatic amines is 1. The number of hydrogen-bond acceptors (Lipinski definition) is 7. The van der Waals surface area contributed by atoms with Gasteiger partial charge in [-0.05, 0) is 12.5 Å². The normalized spacial score (nSPS) is 18.8. The van der Waals surface area contributed by atoms with Gasteiger partial charge in [-0.2, -0.15) is 0 Å². The van der Waals surface area contributed by atoms with Gasteiger partial charge in [-0.15, -0.1) is 0 Å². The topological polar surface area (TPSA) is 121 Å². The maximum atomic E-state index is 12.4. The second kappa shape index (κ2) is 9.48. The van der Waals surface area contributed by atoms with Crippen LogP contribution in [-0.4, -0.2) is 84.3 Å². The summed E-state index contributed by atoms with van der Waals surface area (Å²) >= 11 is 0. The number of anilines is 1. The van der Waals surface area contributed by atoms with E-state index in [1.165, 1.54) is 6.08 Å². The Bertz CT molecular complexity index is 883. The van der Waals surface area contributed by atoms with E-state index in [0.717, 1.165) is 0 Å². The lowest BCUT2D eigenvalue weighted by atomic mass is 10.2. The summed E-state index contributed by atoms with van der Waals surface area (Å²) in [6.07, 6.45) is 5.22. The molecule has 0 spiro atoms. The molecule has 0 unspecified atom stereocenters. The number of methoxy groups -OCH3 is 2. The molecule has 1 aliphatic rings. The molecule has 0 radical (unpaired) electrons. The monoisotopic (exact) mass is 402 g/mol. The Morgan fingerprint density at radius 1 is 1.41 bits per heavy atom. The van der Waals surface area contributed by atoms with Crippen LogP contribution in [0, 0.1) is 0 Å². The average Bonchev–Trinajstić information content (AvgIpc) is 3.31. The number of nitrogens with one attached hydrogen (secondary N) is 3. The molecule has 10 heteroatoms. The fourth-order valence-corrected chi connectivity index (χ4v) is 3.46. The molecule has 2 aromatic rings. The SMILES string of the molecule is C=CC(=O)N1C[C@H](Nc2cnc3[nH]cc(C(=O)NCCOC)c3n2)C[C@H]1COC. The molecule has 3 heterocycles. The van der Waals surface area contributed by atoms with E-state index in [4.69, 9.17) is 9.47 Å². The van der Waals surface area contributed by atoms with Crippen molar-refractivity contribution < 1.29 is 19.1 Å². The summed E-state index contributed by atoms with van der Waals surface area (Å²) in [5.74, 6) is 0.166. The summed E-state index contributed by atoms with van der Waals surface area (Å²) in [5, 5.41) is 6.09. The number of rotatable bonds is 9. The number of aromatic nitrogens is 3. The van der Waals surface area contributed by atoms with Gasteiger partial charge in [-0.3, -0.25) is 9.59 Å². The molecule has 1 saturated heterocycles. The van der Waals surface area contributed by atoms with E-state index in [9.17, 15) is 9.59 Å². The van der Waals surface area contributed by atoms with Crippen LogP contribution in [0.5, 0.6) is 0 Å². The quantitative estimate of drug-likeness (QED) is 0.414. The van der Waals surface area contributed by atoms with Crippen molar-refractivity contribution in [1.82, 2.24) is 25.2 Å². The number of carbonyl (C=O) groups excluding carboxylic acids is 2. The maximum Gasteiger partial charge on any atom is 0.255 e. The van der Waals surface area contributed by atoms with E-state index < -0.39 is 0 Å². The van der Waals surface area contributed by atoms with Gasteiger partial charge in [0.15, 0.2) is 5.65 Å². The molecule has 2 amide bonds. The minimum atomic E-state index is -0.247. The molecule has 1 aliphatic heterocycles. The van der Waals surface area contributed by atoms with E-state index in [-0.39, 0.29) is 23.9 Å². The highest BCUT2D eigenvalue weighted by Crippen LogP contribution is 2.23. The molecule has 3 rings (SSSR count). The largest absolute Gasteiger partial charge is 0.383 e. The van der Waals surface area contributed by atoms with Crippen LogP contribution in [0.2, 0.25) is 0 Å². The van der Waals surface area contributed by atoms with Crippen LogP contribution in [0.1, 0.15) is 16.8 Å². The lowest BCUT2D eigenvalue weighted by Gasteiger charge is -2.22. The first-order valence-corrected chi connectivity index (χ1v) is 9.37. The summed E-state index contributed by atoms with van der Waals surface area (Å²) in [6, 6.07) is -0.0437. The molecule has 0 saturated carbocycles. The summed E-state index contributed by atoms with van der Waals surface area (Å²) in [4.78, 5) is 38.1. The van der Waals surface area contributed by atoms with Gasteiger partial charge in [0.2, 0.25) is 5.91 Å². The van der Waals surface area contributed by atoms with Gasteiger partial charge in [-0.1, -0.05) is 6.58 Å². The Labute approximate surface area is 168 Å². The summed E-state index contributed by atoms with van der Waals surface area (Å²) < 4.78 is 10.2. The number of fused-ring (bicyclic) bond motifs is 1. The minimum Gasteiger partial charge on any atom is -0.383 e. The highest BCUT2D eigenvalue weighted by Gasteiger charge is 2.34. The fraction of sp³-hybridized carbons (Fsp3) is 0.474. The van der Waals surface area contributed by atoms with Crippen LogP contribution in [-0.2, 0) is 14.3 Å². The minimum absolute atomic E-state index is 0.0104. The standard InChI is InChI=1S/C19H26N6O4/c1-4-16(26)25-10-12(7-13(25)11-29-3)23-15-9-22-18-17(24-15)14(8-21-18)19(27)20-5-6-28-2/h4,8-9,12-13H,1,5-7,10-11H2,2-3H3,(H,20,27)(H,21,22)(H,23,24)/t12-,13+/m1/s1. The predicted molar refractivity (Wildman–Crippen MR) is 108 cm³/mol. The van der Waals surface area contributed by atoms with Crippen LogP contribution >= 0.6 is 0 Å². The van der Waals surface area contributed by atoms with E-state index in [1.807, 2.05) is 0 Å². The second-order valence-electron chi connectivity index (χ2n) is 6.78. The fourth-order valence-electron chi connectivity index (χ4n) is 3.46. The van der Waals surface area contributed by atoms with Gasteiger partial charge in [0, 0.05) is 39.5 Å². The van der Waals surface area contributed by atoms with Crippen LogP contribution in [0.3, 0.4) is 0 Å². The van der Waals surface area contributed by atoms with Crippen molar-refractivity contribution in [1.29, 1.82) is 0 Å². The van der Waals surface area contributed by atoms with Crippen molar-refractivity contribution in [2.45, 2.75) is 18.5 Å². The molecule has 1 fully saturated rings. The molecular formula is C19H26N6O4. The van der Waals surface area contributed by atoms with Gasteiger partial charge < -0.3 is 30.0 Å². The molecular weight excluding hydrogens is 376 g/mol. The van der Waals surface area contributed by atoms with E-state index in [1.54, 1.807) is 31.5 Å². The van der Waals surface area contributed by atoms with Gasteiger partial charge in [0.1, 0.15) is 11.3 Å². The zero-order chi connectivity index (χ0) is 20.8. The van der Waals surface area contributed by atoms with E-state index in [0.29, 0.717) is 55.3 Å². The van der Waals surface area contributed by atoms with Crippen molar-refractivity contribution in [2.75, 3.05) is 45.8 Å². The average molecular weight is 402 g/mol. The lowest BCUT2D eigenvalue weighted by molar-refractivity contribution is -0.127. The van der Waals surface area contributed by atoms with Crippen LogP contribution < -0.4 is 10.6 Å². The third kappa shape index (κ3) is 4.72. The molecule has 29 heavy (non-hydrogen) atoms. The number of amides is 2. The smallest absolute Gasteiger partial charge is 0.255 e. The number of hydrogen-bond donors (Lipinski definition) is 3. The Kier molecular flexibility index (Phi) is 6.78. The zero-order valence-corrected chi connectivity index (χ0v) is 16.6. The second-order valence-corrected chi connectivity index (χ2v) is 6.78. The first-order valence-electron chi connectivity index (χ1n) is 9.37. The molecule has 0 aliphatic carbocycles. The molecule has 2 atom stereocenters. The highest BCUT2D eigenvalue weighted by atomic mass is 16.5. The first kappa shape index (κ1) is 20.7. The molecule has 3 N–H and O–H groups in total. The van der Waals surface area contributed by atoms with Gasteiger partial charge in [0.25, 0.3) is 5.91 Å². The molecule has 2 aromatic heterocycles. The first-order chi connectivity index (χ1) is 14.1. The molecule has 156 valence electrons. The number of carbonyl (C=O) groups is 2. The predicted octanol–water partition coefficient (Wildman–Crippen LogP) is 0.548. The maximum absolute atomic E-state index is 12.4. The van der Waals surface area contributed by atoms with Crippen molar-refractivity contribution in [3.05, 3.63) is 30.6 Å². The van der Waals surface area contributed by atoms with Gasteiger partial charge >= 0.3 is 0 Å². The van der Waals surface area contributed by atoms with Crippen LogP contribution in [0.4, 0.5) is 5.82 Å². The lowest BCUT2D eigenvalue weighted by Crippen LogP contribution is -2.37. The molecule has 10 nitrogen and oxygen atoms in total. The zero-order valence-electron chi connectivity index (χ0n) is 16.6. The van der Waals surface area contributed by atoms with E-state index >= 15 is 0 Å². The number of H-pyrrole nitrogens is 1. The summed E-state index contributed by atoms with van der Waals surface area (Å²) in [7, 11) is 3.19. The third-order valence-electron chi connectivity index (χ3n) is 4.80. The van der Waals surface area contributed by atoms with Crippen LogP contribution in [0.15, 0.2) is 25.0 Å².